The third-order valence-electron chi connectivity index (χ3n) is 5.00. The Morgan fingerprint density at radius 2 is 1.94 bits per heavy atom. The maximum atomic E-state index is 13.2. The van der Waals surface area contributed by atoms with E-state index in [-0.39, 0.29) is 11.1 Å². The predicted octanol–water partition coefficient (Wildman–Crippen LogP) is 2.80. The van der Waals surface area contributed by atoms with Crippen LogP contribution in [0.1, 0.15) is 24.5 Å². The highest BCUT2D eigenvalue weighted by atomic mass is 32.1. The molecular weight excluding hydrogens is 450 g/mol. The summed E-state index contributed by atoms with van der Waals surface area (Å²) >= 11 is 1.13. The largest absolute Gasteiger partial charge is 0.492 e. The minimum atomic E-state index is -0.599. The molecule has 0 aliphatic carbocycles. The number of nitriles is 1. The van der Waals surface area contributed by atoms with Crippen LogP contribution in [-0.4, -0.2) is 30.8 Å². The molecular formula is C26H27N3O4S. The molecule has 8 heteroatoms. The van der Waals surface area contributed by atoms with Crippen molar-refractivity contribution in [1.82, 2.24) is 4.57 Å². The molecule has 34 heavy (non-hydrogen) atoms. The van der Waals surface area contributed by atoms with Gasteiger partial charge in [-0.25, -0.2) is 0 Å². The van der Waals surface area contributed by atoms with Crippen LogP contribution in [0.15, 0.2) is 53.3 Å². The van der Waals surface area contributed by atoms with Gasteiger partial charge in [-0.3, -0.25) is 14.2 Å². The predicted molar refractivity (Wildman–Crippen MR) is 134 cm³/mol. The summed E-state index contributed by atoms with van der Waals surface area (Å²) in [6.07, 6.45) is 2.34. The van der Waals surface area contributed by atoms with Gasteiger partial charge < -0.3 is 14.8 Å². The van der Waals surface area contributed by atoms with Crippen molar-refractivity contribution >= 4 is 34.6 Å². The van der Waals surface area contributed by atoms with Crippen molar-refractivity contribution in [2.24, 2.45) is 0 Å². The molecule has 3 aromatic rings. The lowest BCUT2D eigenvalue weighted by Crippen LogP contribution is -2.34. The van der Waals surface area contributed by atoms with E-state index in [1.807, 2.05) is 44.2 Å². The quantitative estimate of drug-likeness (QED) is 0.479. The molecule has 1 amide bonds. The van der Waals surface area contributed by atoms with E-state index in [0.29, 0.717) is 46.8 Å². The van der Waals surface area contributed by atoms with Gasteiger partial charge in [0.1, 0.15) is 16.5 Å². The number of para-hydroxylation sites is 2. The van der Waals surface area contributed by atoms with Crippen molar-refractivity contribution in [3.8, 4) is 11.8 Å². The zero-order valence-electron chi connectivity index (χ0n) is 19.5. The highest BCUT2D eigenvalue weighted by Crippen LogP contribution is 2.24. The standard InChI is InChI=1S/C26H27N3O4S/c1-4-33-22-9-6-5-8-21(22)28-24(30)20(17-27)26-29(14-7-15-32-3)25(31)23(34-26)16-19-12-10-18(2)11-13-19/h5-6,8-13,16H,4,7,14-15H2,1-3H3,(H,28,30)/b23-16-,26-20-. The minimum absolute atomic E-state index is 0.130. The molecule has 0 aliphatic heterocycles. The fourth-order valence-corrected chi connectivity index (χ4v) is 4.45. The Morgan fingerprint density at radius 3 is 2.62 bits per heavy atom. The fraction of sp³-hybridized carbons (Fsp3) is 0.269. The van der Waals surface area contributed by atoms with E-state index in [1.54, 1.807) is 37.5 Å². The topological polar surface area (TPSA) is 93.4 Å². The molecule has 0 saturated carbocycles. The first-order valence-corrected chi connectivity index (χ1v) is 11.7. The monoisotopic (exact) mass is 477 g/mol. The van der Waals surface area contributed by atoms with Gasteiger partial charge in [0.15, 0.2) is 5.57 Å². The number of thiazole rings is 1. The Kier molecular flexibility index (Phi) is 8.79. The molecule has 2 aromatic carbocycles. The van der Waals surface area contributed by atoms with Gasteiger partial charge in [0.25, 0.3) is 11.5 Å². The summed E-state index contributed by atoms with van der Waals surface area (Å²) in [4.78, 5) is 26.4. The van der Waals surface area contributed by atoms with Crippen molar-refractivity contribution < 1.29 is 14.3 Å². The van der Waals surface area contributed by atoms with E-state index in [9.17, 15) is 14.9 Å². The average molecular weight is 478 g/mol. The Balaban J connectivity index is 2.12. The lowest BCUT2D eigenvalue weighted by Gasteiger charge is -2.11. The van der Waals surface area contributed by atoms with Crippen LogP contribution in [0.25, 0.3) is 11.6 Å². The number of nitrogens with one attached hydrogen (secondary N) is 1. The molecule has 1 heterocycles. The third-order valence-corrected chi connectivity index (χ3v) is 6.13. The molecule has 0 atom stereocenters. The number of amides is 1. The van der Waals surface area contributed by atoms with Crippen molar-refractivity contribution in [2.45, 2.75) is 26.8 Å². The second kappa shape index (κ2) is 12.0. The number of ether oxygens (including phenoxy) is 2. The average Bonchev–Trinajstić information content (AvgIpc) is 3.12. The molecule has 176 valence electrons. The SMILES string of the molecule is CCOc1ccccc1NC(=O)/C(C#N)=c1\s/c(=C\c2ccc(C)cc2)c(=O)n1CCCOC. The van der Waals surface area contributed by atoms with Crippen LogP contribution >= 0.6 is 11.3 Å². The van der Waals surface area contributed by atoms with Gasteiger partial charge in [-0.15, -0.1) is 11.3 Å². The molecule has 0 unspecified atom stereocenters. The Morgan fingerprint density at radius 1 is 1.21 bits per heavy atom. The van der Waals surface area contributed by atoms with Crippen LogP contribution < -0.4 is 24.8 Å². The molecule has 1 N–H and O–H groups in total. The van der Waals surface area contributed by atoms with Crippen molar-refractivity contribution in [3.63, 3.8) is 0 Å². The summed E-state index contributed by atoms with van der Waals surface area (Å²) in [6, 6.07) is 16.8. The van der Waals surface area contributed by atoms with Crippen LogP contribution in [0.5, 0.6) is 5.75 Å². The Hall–Kier alpha value is -3.67. The summed E-state index contributed by atoms with van der Waals surface area (Å²) < 4.78 is 12.9. The fourth-order valence-electron chi connectivity index (χ4n) is 3.32. The van der Waals surface area contributed by atoms with E-state index >= 15 is 0 Å². The molecule has 0 saturated heterocycles. The minimum Gasteiger partial charge on any atom is -0.492 e. The lowest BCUT2D eigenvalue weighted by atomic mass is 10.1. The van der Waals surface area contributed by atoms with E-state index < -0.39 is 5.91 Å². The number of aromatic nitrogens is 1. The number of anilines is 1. The van der Waals surface area contributed by atoms with Gasteiger partial charge in [0.05, 0.1) is 16.8 Å². The van der Waals surface area contributed by atoms with Gasteiger partial charge in [0.2, 0.25) is 0 Å². The first-order chi connectivity index (χ1) is 16.5. The molecule has 0 spiro atoms. The summed E-state index contributed by atoms with van der Waals surface area (Å²) in [6.45, 7) is 5.06. The molecule has 0 fully saturated rings. The molecule has 7 nitrogen and oxygen atoms in total. The molecule has 0 aliphatic rings. The van der Waals surface area contributed by atoms with Gasteiger partial charge in [-0.05, 0) is 44.0 Å². The smallest absolute Gasteiger partial charge is 0.269 e. The Bertz CT molecular complexity index is 1360. The normalized spacial score (nSPS) is 12.2. The highest BCUT2D eigenvalue weighted by molar-refractivity contribution is 7.07. The zero-order chi connectivity index (χ0) is 24.5. The van der Waals surface area contributed by atoms with Crippen LogP contribution in [0.2, 0.25) is 0 Å². The maximum Gasteiger partial charge on any atom is 0.269 e. The van der Waals surface area contributed by atoms with E-state index in [0.717, 1.165) is 22.5 Å². The molecule has 3 rings (SSSR count). The lowest BCUT2D eigenvalue weighted by molar-refractivity contribution is -0.111. The van der Waals surface area contributed by atoms with E-state index in [2.05, 4.69) is 5.32 Å². The summed E-state index contributed by atoms with van der Waals surface area (Å²) in [7, 11) is 1.59. The van der Waals surface area contributed by atoms with Crippen LogP contribution in [0, 0.1) is 18.3 Å². The number of hydrogen-bond acceptors (Lipinski definition) is 6. The zero-order valence-corrected chi connectivity index (χ0v) is 20.3. The molecule has 1 aromatic heterocycles. The van der Waals surface area contributed by atoms with E-state index in [1.165, 1.54) is 4.57 Å². The summed E-state index contributed by atoms with van der Waals surface area (Å²) in [5.74, 6) is -0.0917. The van der Waals surface area contributed by atoms with Gasteiger partial charge >= 0.3 is 0 Å². The number of aryl methyl sites for hydroxylation is 1. The molecule has 0 bridgehead atoms. The summed E-state index contributed by atoms with van der Waals surface area (Å²) in [5.41, 5.74) is 2.07. The number of nitrogens with zero attached hydrogens (tertiary/aromatic N) is 2. The van der Waals surface area contributed by atoms with Crippen LogP contribution in [-0.2, 0) is 16.1 Å². The summed E-state index contributed by atoms with van der Waals surface area (Å²) in [5, 5.41) is 12.7. The van der Waals surface area contributed by atoms with Gasteiger partial charge in [-0.1, -0.05) is 42.0 Å². The van der Waals surface area contributed by atoms with Crippen molar-refractivity contribution in [2.75, 3.05) is 25.6 Å². The number of carbonyl (C=O) groups is 1. The number of methoxy groups -OCH3 is 1. The number of hydrogen-bond donors (Lipinski definition) is 1. The van der Waals surface area contributed by atoms with Crippen molar-refractivity contribution in [3.05, 3.63) is 79.2 Å². The first kappa shape index (κ1) is 25.0. The van der Waals surface area contributed by atoms with Crippen LogP contribution in [0.3, 0.4) is 0 Å². The van der Waals surface area contributed by atoms with Gasteiger partial charge in [0, 0.05) is 20.3 Å². The van der Waals surface area contributed by atoms with Crippen molar-refractivity contribution in [1.29, 1.82) is 5.26 Å². The third kappa shape index (κ3) is 6.01. The van der Waals surface area contributed by atoms with E-state index in [4.69, 9.17) is 9.47 Å². The van der Waals surface area contributed by atoms with Crippen LogP contribution in [0.4, 0.5) is 5.69 Å². The first-order valence-electron chi connectivity index (χ1n) is 10.9. The number of benzene rings is 2. The highest BCUT2D eigenvalue weighted by Gasteiger charge is 2.17. The second-order valence-electron chi connectivity index (χ2n) is 7.50. The number of rotatable bonds is 9. The Labute approximate surface area is 202 Å². The van der Waals surface area contributed by atoms with Gasteiger partial charge in [-0.2, -0.15) is 5.26 Å². The maximum absolute atomic E-state index is 13.2. The molecule has 0 radical (unpaired) electrons. The second-order valence-corrected chi connectivity index (χ2v) is 8.53. The number of carbonyl (C=O) groups excluding carboxylic acids is 1.